The molecule has 28 heavy (non-hydrogen) atoms. The summed E-state index contributed by atoms with van der Waals surface area (Å²) < 4.78 is 29.4. The van der Waals surface area contributed by atoms with Gasteiger partial charge in [-0.05, 0) is 67.2 Å². The van der Waals surface area contributed by atoms with Crippen LogP contribution in [0, 0.1) is 18.6 Å². The lowest BCUT2D eigenvalue weighted by molar-refractivity contribution is 0.104. The Labute approximate surface area is 162 Å². The summed E-state index contributed by atoms with van der Waals surface area (Å²) in [4.78, 5) is 24.3. The van der Waals surface area contributed by atoms with Gasteiger partial charge < -0.3 is 4.57 Å². The Morgan fingerprint density at radius 1 is 1.25 bits per heavy atom. The van der Waals surface area contributed by atoms with Crippen molar-refractivity contribution in [3.63, 3.8) is 0 Å². The molecule has 3 rings (SSSR count). The van der Waals surface area contributed by atoms with E-state index in [-0.39, 0.29) is 16.6 Å². The maximum atomic E-state index is 14.0. The first-order valence-electron chi connectivity index (χ1n) is 9.10. The molecule has 5 heteroatoms. The van der Waals surface area contributed by atoms with Crippen molar-refractivity contribution in [3.05, 3.63) is 93.4 Å². The summed E-state index contributed by atoms with van der Waals surface area (Å²) in [5.41, 5.74) is 2.99. The number of rotatable bonds is 4. The van der Waals surface area contributed by atoms with Gasteiger partial charge >= 0.3 is 0 Å². The summed E-state index contributed by atoms with van der Waals surface area (Å²) >= 11 is 0. The van der Waals surface area contributed by atoms with Gasteiger partial charge in [-0.25, -0.2) is 8.78 Å². The zero-order valence-corrected chi connectivity index (χ0v) is 15.9. The molecule has 0 spiro atoms. The summed E-state index contributed by atoms with van der Waals surface area (Å²) in [5.74, 6) is -2.13. The largest absolute Gasteiger partial charge is 0.347 e. The maximum Gasteiger partial charge on any atom is 0.193 e. The van der Waals surface area contributed by atoms with E-state index in [1.165, 1.54) is 6.07 Å². The summed E-state index contributed by atoms with van der Waals surface area (Å²) in [6, 6.07) is 4.14. The minimum atomic E-state index is -0.877. The number of carbonyl (C=O) groups excluding carboxylic acids is 1. The number of allylic oxidation sites excluding steroid dienone is 5. The van der Waals surface area contributed by atoms with E-state index in [1.807, 2.05) is 23.6 Å². The number of aromatic nitrogens is 1. The topological polar surface area (TPSA) is 39.1 Å². The van der Waals surface area contributed by atoms with Gasteiger partial charge in [0.15, 0.2) is 22.8 Å². The van der Waals surface area contributed by atoms with Crippen molar-refractivity contribution in [3.8, 4) is 0 Å². The number of carbonyl (C=O) groups is 1. The van der Waals surface area contributed by atoms with Gasteiger partial charge in [0.1, 0.15) is 0 Å². The van der Waals surface area contributed by atoms with Gasteiger partial charge in [-0.1, -0.05) is 18.7 Å². The highest BCUT2D eigenvalue weighted by Crippen LogP contribution is 2.31. The van der Waals surface area contributed by atoms with Crippen molar-refractivity contribution >= 4 is 16.9 Å². The van der Waals surface area contributed by atoms with Crippen molar-refractivity contribution < 1.29 is 13.6 Å². The fourth-order valence-corrected chi connectivity index (χ4v) is 3.51. The average molecular weight is 381 g/mol. The van der Waals surface area contributed by atoms with Crippen molar-refractivity contribution in [2.75, 3.05) is 0 Å². The lowest BCUT2D eigenvalue weighted by Gasteiger charge is -2.23. The Bertz CT molecular complexity index is 1090. The third-order valence-corrected chi connectivity index (χ3v) is 5.04. The minimum absolute atomic E-state index is 0.0997. The summed E-state index contributed by atoms with van der Waals surface area (Å²) in [6.07, 6.45) is 8.03. The highest BCUT2D eigenvalue weighted by Gasteiger charge is 2.19. The number of nitrogens with zero attached hydrogens (tertiary/aromatic N) is 1. The lowest BCUT2D eigenvalue weighted by atomic mass is 9.93. The molecule has 0 radical (unpaired) electrons. The minimum Gasteiger partial charge on any atom is -0.347 e. The maximum absolute atomic E-state index is 14.0. The molecule has 0 N–H and O–H groups in total. The highest BCUT2D eigenvalue weighted by molar-refractivity contribution is 6.04. The van der Waals surface area contributed by atoms with Gasteiger partial charge in [-0.2, -0.15) is 0 Å². The van der Waals surface area contributed by atoms with E-state index in [1.54, 1.807) is 19.2 Å². The number of fused-ring (bicyclic) bond motifs is 1. The second-order valence-corrected chi connectivity index (χ2v) is 6.75. The molecule has 0 amide bonds. The van der Waals surface area contributed by atoms with Crippen LogP contribution in [-0.4, -0.2) is 10.4 Å². The first-order chi connectivity index (χ1) is 13.4. The van der Waals surface area contributed by atoms with Crippen LogP contribution in [0.15, 0.2) is 54.0 Å². The standard InChI is InChI=1S/C23H21F2NO2/c1-4-15(17-8-9-19(24)23(25)14(17)3)11-16-7-6-10-26-13-18(21(27)5-2)22(28)12-20(16)26/h4-5,8-9,11-13H,2,6-7,10H2,1,3H3/b15-4-,16-11+. The first kappa shape index (κ1) is 19.7. The summed E-state index contributed by atoms with van der Waals surface area (Å²) in [6.45, 7) is 7.50. The Balaban J connectivity index is 2.11. The van der Waals surface area contributed by atoms with Crippen molar-refractivity contribution in [2.45, 2.75) is 33.2 Å². The molecule has 2 heterocycles. The number of pyridine rings is 1. The van der Waals surface area contributed by atoms with Crippen molar-refractivity contribution in [1.82, 2.24) is 4.57 Å². The van der Waals surface area contributed by atoms with E-state index in [0.29, 0.717) is 12.1 Å². The van der Waals surface area contributed by atoms with E-state index in [9.17, 15) is 18.4 Å². The van der Waals surface area contributed by atoms with Crippen LogP contribution < -0.4 is 5.43 Å². The summed E-state index contributed by atoms with van der Waals surface area (Å²) in [7, 11) is 0. The van der Waals surface area contributed by atoms with Gasteiger partial charge in [0.2, 0.25) is 0 Å². The Hall–Kier alpha value is -3.08. The molecule has 3 nitrogen and oxygen atoms in total. The van der Waals surface area contributed by atoms with E-state index in [0.717, 1.165) is 41.8 Å². The highest BCUT2D eigenvalue weighted by atomic mass is 19.2. The van der Waals surface area contributed by atoms with Gasteiger partial charge in [0, 0.05) is 24.5 Å². The quantitative estimate of drug-likeness (QED) is 0.547. The third kappa shape index (κ3) is 3.52. The van der Waals surface area contributed by atoms with Crippen LogP contribution in [-0.2, 0) is 6.54 Å². The van der Waals surface area contributed by atoms with Gasteiger partial charge in [0.05, 0.1) is 5.56 Å². The van der Waals surface area contributed by atoms with E-state index < -0.39 is 17.4 Å². The van der Waals surface area contributed by atoms with Crippen LogP contribution >= 0.6 is 0 Å². The zero-order valence-electron chi connectivity index (χ0n) is 15.9. The second kappa shape index (κ2) is 7.89. The molecule has 0 saturated heterocycles. The van der Waals surface area contributed by atoms with Crippen LogP contribution in [0.3, 0.4) is 0 Å². The fraction of sp³-hybridized carbons (Fsp3) is 0.217. The van der Waals surface area contributed by atoms with E-state index in [4.69, 9.17) is 0 Å². The van der Waals surface area contributed by atoms with Crippen LogP contribution in [0.2, 0.25) is 0 Å². The van der Waals surface area contributed by atoms with Crippen molar-refractivity contribution in [1.29, 1.82) is 0 Å². The Morgan fingerprint density at radius 2 is 2.00 bits per heavy atom. The molecular formula is C23H21F2NO2. The fourth-order valence-electron chi connectivity index (χ4n) is 3.51. The normalized spacial score (nSPS) is 15.4. The average Bonchev–Trinajstić information content (AvgIpc) is 2.70. The zero-order chi connectivity index (χ0) is 20.4. The smallest absolute Gasteiger partial charge is 0.193 e. The predicted molar refractivity (Wildman–Crippen MR) is 107 cm³/mol. The number of hydrogen-bond donors (Lipinski definition) is 0. The lowest BCUT2D eigenvalue weighted by Crippen LogP contribution is -2.21. The molecule has 144 valence electrons. The molecule has 1 aromatic carbocycles. The molecule has 0 aliphatic carbocycles. The molecule has 1 aliphatic rings. The number of halogens is 2. The first-order valence-corrected chi connectivity index (χ1v) is 9.10. The summed E-state index contributed by atoms with van der Waals surface area (Å²) in [5, 5.41) is 0. The Kier molecular flexibility index (Phi) is 5.54. The molecule has 1 aliphatic heterocycles. The van der Waals surface area contributed by atoms with Gasteiger partial charge in [0.25, 0.3) is 0 Å². The van der Waals surface area contributed by atoms with Gasteiger partial charge in [-0.15, -0.1) is 0 Å². The predicted octanol–water partition coefficient (Wildman–Crippen LogP) is 5.08. The van der Waals surface area contributed by atoms with Crippen LogP contribution in [0.1, 0.15) is 46.9 Å². The Morgan fingerprint density at radius 3 is 2.68 bits per heavy atom. The number of hydrogen-bond acceptors (Lipinski definition) is 2. The number of ketones is 1. The van der Waals surface area contributed by atoms with Crippen LogP contribution in [0.25, 0.3) is 11.1 Å². The van der Waals surface area contributed by atoms with E-state index >= 15 is 0 Å². The van der Waals surface area contributed by atoms with Crippen LogP contribution in [0.5, 0.6) is 0 Å². The molecule has 0 unspecified atom stereocenters. The van der Waals surface area contributed by atoms with Crippen LogP contribution in [0.4, 0.5) is 8.78 Å². The molecule has 0 saturated carbocycles. The molecular weight excluding hydrogens is 360 g/mol. The van der Waals surface area contributed by atoms with E-state index in [2.05, 4.69) is 6.58 Å². The monoisotopic (exact) mass is 381 g/mol. The second-order valence-electron chi connectivity index (χ2n) is 6.75. The molecule has 0 bridgehead atoms. The van der Waals surface area contributed by atoms with Crippen molar-refractivity contribution in [2.24, 2.45) is 0 Å². The molecule has 2 aromatic rings. The number of aryl methyl sites for hydroxylation is 1. The third-order valence-electron chi connectivity index (χ3n) is 5.04. The SMILES string of the molecule is C=CC(=O)c1cn2c(cc1=O)/C(=C/C(=C/C)c1ccc(F)c(F)c1C)CCC2. The molecule has 1 aromatic heterocycles. The molecule has 0 atom stereocenters. The molecule has 0 fully saturated rings. The number of benzene rings is 1. The van der Waals surface area contributed by atoms with Gasteiger partial charge in [-0.3, -0.25) is 9.59 Å².